The van der Waals surface area contributed by atoms with Crippen LogP contribution in [0.5, 0.6) is 5.75 Å². The molecule has 28 heavy (non-hydrogen) atoms. The second-order valence-corrected chi connectivity index (χ2v) is 6.27. The van der Waals surface area contributed by atoms with Gasteiger partial charge in [0.15, 0.2) is 5.96 Å². The minimum atomic E-state index is -0.430. The van der Waals surface area contributed by atoms with Crippen molar-refractivity contribution in [3.8, 4) is 5.75 Å². The Morgan fingerprint density at radius 1 is 1.14 bits per heavy atom. The lowest BCUT2D eigenvalue weighted by molar-refractivity contribution is 0.198. The van der Waals surface area contributed by atoms with Crippen molar-refractivity contribution in [1.29, 1.82) is 0 Å². The first-order valence-electron chi connectivity index (χ1n) is 9.38. The summed E-state index contributed by atoms with van der Waals surface area (Å²) in [5.41, 5.74) is 1.05. The number of benzene rings is 2. The van der Waals surface area contributed by atoms with Gasteiger partial charge in [0, 0.05) is 18.2 Å². The van der Waals surface area contributed by atoms with Crippen LogP contribution in [-0.2, 0) is 13.2 Å². The van der Waals surface area contributed by atoms with Gasteiger partial charge in [0.25, 0.3) is 0 Å². The van der Waals surface area contributed by atoms with Crippen molar-refractivity contribution in [2.24, 2.45) is 4.99 Å². The van der Waals surface area contributed by atoms with Crippen molar-refractivity contribution in [3.63, 3.8) is 0 Å². The van der Waals surface area contributed by atoms with E-state index in [0.717, 1.165) is 12.0 Å². The highest BCUT2D eigenvalue weighted by Gasteiger charge is 2.10. The van der Waals surface area contributed by atoms with Crippen LogP contribution in [0, 0.1) is 11.6 Å². The molecule has 1 atom stereocenters. The quantitative estimate of drug-likeness (QED) is 0.453. The molecule has 5 nitrogen and oxygen atoms in total. The fourth-order valence-electron chi connectivity index (χ4n) is 2.57. The maximum absolute atomic E-state index is 13.5. The summed E-state index contributed by atoms with van der Waals surface area (Å²) in [6.07, 6.45) is 0.582. The van der Waals surface area contributed by atoms with Crippen molar-refractivity contribution in [2.45, 2.75) is 39.5 Å². The molecule has 0 bridgehead atoms. The summed E-state index contributed by atoms with van der Waals surface area (Å²) in [7, 11) is 0. The normalized spacial score (nSPS) is 12.5. The van der Waals surface area contributed by atoms with E-state index in [1.807, 2.05) is 13.8 Å². The third-order valence-corrected chi connectivity index (χ3v) is 4.10. The highest BCUT2D eigenvalue weighted by Crippen LogP contribution is 2.15. The van der Waals surface area contributed by atoms with Crippen molar-refractivity contribution < 1.29 is 18.6 Å². The lowest BCUT2D eigenvalue weighted by Gasteiger charge is -2.20. The van der Waals surface area contributed by atoms with Gasteiger partial charge in [0.2, 0.25) is 0 Å². The number of hydrogen-bond donors (Lipinski definition) is 3. The lowest BCUT2D eigenvalue weighted by Crippen LogP contribution is -2.42. The summed E-state index contributed by atoms with van der Waals surface area (Å²) in [6.45, 7) is 5.11. The molecule has 1 unspecified atom stereocenters. The Balaban J connectivity index is 1.97. The lowest BCUT2D eigenvalue weighted by atomic mass is 10.1. The fourth-order valence-corrected chi connectivity index (χ4v) is 2.57. The second-order valence-electron chi connectivity index (χ2n) is 6.27. The summed E-state index contributed by atoms with van der Waals surface area (Å²) in [5, 5.41) is 15.5. The number of nitrogens with one attached hydrogen (secondary N) is 2. The van der Waals surface area contributed by atoms with E-state index in [2.05, 4.69) is 15.6 Å². The average molecular weight is 391 g/mol. The van der Waals surface area contributed by atoms with Gasteiger partial charge in [-0.3, -0.25) is 0 Å². The Hall–Kier alpha value is -2.67. The van der Waals surface area contributed by atoms with Crippen molar-refractivity contribution in [3.05, 3.63) is 65.2 Å². The van der Waals surface area contributed by atoms with Gasteiger partial charge in [-0.15, -0.1) is 0 Å². The number of aliphatic imine (C=N–C) groups is 1. The standard InChI is InChI=1S/C21H27F2N3O2/c1-3-18(28-19-7-5-6-17(22)11-19)13-26-21(24-4-2)25-12-15-8-9-20(23)16(10-15)14-27/h5-11,18,27H,3-4,12-14H2,1-2H3,(H2,24,25,26). The molecule has 0 saturated carbocycles. The maximum atomic E-state index is 13.5. The van der Waals surface area contributed by atoms with Gasteiger partial charge in [0.05, 0.1) is 19.7 Å². The van der Waals surface area contributed by atoms with Gasteiger partial charge in [0.1, 0.15) is 23.5 Å². The molecule has 0 radical (unpaired) electrons. The Bertz CT molecular complexity index is 784. The average Bonchev–Trinajstić information content (AvgIpc) is 2.70. The number of aliphatic hydroxyl groups is 1. The van der Waals surface area contributed by atoms with Crippen LogP contribution in [0.4, 0.5) is 8.78 Å². The molecule has 3 N–H and O–H groups in total. The van der Waals surface area contributed by atoms with Gasteiger partial charge in [-0.05, 0) is 43.2 Å². The first kappa shape index (κ1) is 21.6. The van der Waals surface area contributed by atoms with Crippen LogP contribution >= 0.6 is 0 Å². The zero-order valence-corrected chi connectivity index (χ0v) is 16.2. The molecule has 0 aliphatic carbocycles. The van der Waals surface area contributed by atoms with E-state index in [0.29, 0.717) is 31.3 Å². The van der Waals surface area contributed by atoms with Crippen LogP contribution < -0.4 is 15.4 Å². The minimum Gasteiger partial charge on any atom is -0.489 e. The molecule has 0 aliphatic heterocycles. The molecule has 2 rings (SSSR count). The summed E-state index contributed by atoms with van der Waals surface area (Å²) < 4.78 is 32.6. The predicted molar refractivity (Wildman–Crippen MR) is 106 cm³/mol. The Morgan fingerprint density at radius 2 is 1.96 bits per heavy atom. The van der Waals surface area contributed by atoms with E-state index in [9.17, 15) is 13.9 Å². The highest BCUT2D eigenvalue weighted by atomic mass is 19.1. The molecule has 0 amide bonds. The monoisotopic (exact) mass is 391 g/mol. The number of hydrogen-bond acceptors (Lipinski definition) is 3. The van der Waals surface area contributed by atoms with Crippen LogP contribution in [0.25, 0.3) is 0 Å². The molecule has 0 spiro atoms. The molecular weight excluding hydrogens is 364 g/mol. The number of halogens is 2. The Labute approximate surface area is 164 Å². The van der Waals surface area contributed by atoms with E-state index < -0.39 is 5.82 Å². The number of guanidine groups is 1. The third kappa shape index (κ3) is 6.81. The largest absolute Gasteiger partial charge is 0.489 e. The molecule has 7 heteroatoms. The molecule has 152 valence electrons. The smallest absolute Gasteiger partial charge is 0.191 e. The summed E-state index contributed by atoms with van der Waals surface area (Å²) >= 11 is 0. The summed E-state index contributed by atoms with van der Waals surface area (Å²) in [5.74, 6) is 0.314. The number of ether oxygens (including phenoxy) is 1. The van der Waals surface area contributed by atoms with E-state index in [1.165, 1.54) is 18.2 Å². The SMILES string of the molecule is CCNC(=NCc1ccc(F)c(CO)c1)NCC(CC)Oc1cccc(F)c1. The van der Waals surface area contributed by atoms with Gasteiger partial charge < -0.3 is 20.5 Å². The molecule has 2 aromatic rings. The van der Waals surface area contributed by atoms with E-state index in [-0.39, 0.29) is 24.1 Å². The summed E-state index contributed by atoms with van der Waals surface area (Å²) in [4.78, 5) is 4.49. The molecular formula is C21H27F2N3O2. The van der Waals surface area contributed by atoms with E-state index in [4.69, 9.17) is 4.74 Å². The predicted octanol–water partition coefficient (Wildman–Crippen LogP) is 3.37. The number of nitrogens with zero attached hydrogens (tertiary/aromatic N) is 1. The first-order chi connectivity index (χ1) is 13.5. The Morgan fingerprint density at radius 3 is 2.64 bits per heavy atom. The minimum absolute atomic E-state index is 0.155. The van der Waals surface area contributed by atoms with E-state index >= 15 is 0 Å². The van der Waals surface area contributed by atoms with Crippen LogP contribution in [0.1, 0.15) is 31.4 Å². The maximum Gasteiger partial charge on any atom is 0.191 e. The zero-order valence-electron chi connectivity index (χ0n) is 16.2. The van der Waals surface area contributed by atoms with Gasteiger partial charge in [-0.25, -0.2) is 13.8 Å². The van der Waals surface area contributed by atoms with Gasteiger partial charge in [-0.1, -0.05) is 19.1 Å². The van der Waals surface area contributed by atoms with Crippen molar-refractivity contribution in [2.75, 3.05) is 13.1 Å². The molecule has 2 aromatic carbocycles. The van der Waals surface area contributed by atoms with Gasteiger partial charge in [-0.2, -0.15) is 0 Å². The Kier molecular flexibility index (Phi) is 8.68. The van der Waals surface area contributed by atoms with Gasteiger partial charge >= 0.3 is 0 Å². The van der Waals surface area contributed by atoms with E-state index in [1.54, 1.807) is 24.3 Å². The number of rotatable bonds is 9. The fraction of sp³-hybridized carbons (Fsp3) is 0.381. The van der Waals surface area contributed by atoms with Crippen molar-refractivity contribution in [1.82, 2.24) is 10.6 Å². The number of aliphatic hydroxyl groups excluding tert-OH is 1. The highest BCUT2D eigenvalue weighted by molar-refractivity contribution is 5.79. The van der Waals surface area contributed by atoms with Crippen LogP contribution in [0.2, 0.25) is 0 Å². The summed E-state index contributed by atoms with van der Waals surface area (Å²) in [6, 6.07) is 10.6. The third-order valence-electron chi connectivity index (χ3n) is 4.10. The van der Waals surface area contributed by atoms with Crippen LogP contribution in [0.15, 0.2) is 47.5 Å². The van der Waals surface area contributed by atoms with Crippen molar-refractivity contribution >= 4 is 5.96 Å². The topological polar surface area (TPSA) is 65.9 Å². The molecule has 0 aliphatic rings. The molecule has 0 aromatic heterocycles. The zero-order chi connectivity index (χ0) is 20.4. The molecule has 0 fully saturated rings. The molecule has 0 saturated heterocycles. The molecule has 0 heterocycles. The van der Waals surface area contributed by atoms with Crippen LogP contribution in [0.3, 0.4) is 0 Å². The second kappa shape index (κ2) is 11.2. The van der Waals surface area contributed by atoms with Crippen LogP contribution in [-0.4, -0.2) is 30.3 Å². The first-order valence-corrected chi connectivity index (χ1v) is 9.38.